The predicted molar refractivity (Wildman–Crippen MR) is 107 cm³/mol. The Morgan fingerprint density at radius 1 is 1.21 bits per heavy atom. The standard InChI is InChI=1S/C22H33NO5/c1-21(2,3)28-20(24)23-16-7-5-8-17(23)15-22(25,14-16)11-12-27-19-10-6-9-18(13-19)26-4/h6,9-10,13,16-17,25H,5,7-8,11-12,14-15H2,1-4H3. The Morgan fingerprint density at radius 2 is 1.86 bits per heavy atom. The largest absolute Gasteiger partial charge is 0.497 e. The van der Waals surface area contributed by atoms with Gasteiger partial charge in [0.15, 0.2) is 0 Å². The van der Waals surface area contributed by atoms with Crippen LogP contribution in [0.25, 0.3) is 0 Å². The Balaban J connectivity index is 1.59. The number of hydrogen-bond acceptors (Lipinski definition) is 5. The Morgan fingerprint density at radius 3 is 2.46 bits per heavy atom. The van der Waals surface area contributed by atoms with Crippen molar-refractivity contribution in [2.45, 2.75) is 82.6 Å². The first kappa shape index (κ1) is 20.8. The fourth-order valence-corrected chi connectivity index (χ4v) is 4.39. The first-order valence-corrected chi connectivity index (χ1v) is 10.2. The normalized spacial score (nSPS) is 27.2. The number of fused-ring (bicyclic) bond motifs is 2. The van der Waals surface area contributed by atoms with Gasteiger partial charge in [-0.2, -0.15) is 0 Å². The van der Waals surface area contributed by atoms with Crippen LogP contribution in [0.3, 0.4) is 0 Å². The number of carbonyl (C=O) groups excluding carboxylic acids is 1. The summed E-state index contributed by atoms with van der Waals surface area (Å²) in [5, 5.41) is 11.2. The summed E-state index contributed by atoms with van der Waals surface area (Å²) in [5.74, 6) is 1.48. The number of methoxy groups -OCH3 is 1. The van der Waals surface area contributed by atoms with Gasteiger partial charge in [-0.3, -0.25) is 0 Å². The molecular formula is C22H33NO5. The van der Waals surface area contributed by atoms with Crippen LogP contribution in [0.15, 0.2) is 24.3 Å². The van der Waals surface area contributed by atoms with E-state index in [1.807, 2.05) is 49.9 Å². The van der Waals surface area contributed by atoms with Crippen molar-refractivity contribution in [3.8, 4) is 11.5 Å². The predicted octanol–water partition coefficient (Wildman–Crippen LogP) is 4.15. The number of aliphatic hydroxyl groups is 1. The Hall–Kier alpha value is -1.95. The molecule has 0 saturated carbocycles. The molecular weight excluding hydrogens is 358 g/mol. The number of amides is 1. The summed E-state index contributed by atoms with van der Waals surface area (Å²) in [6.07, 6.45) is 4.35. The van der Waals surface area contributed by atoms with Gasteiger partial charge in [0, 0.05) is 24.6 Å². The zero-order valence-electron chi connectivity index (χ0n) is 17.4. The average molecular weight is 392 g/mol. The number of rotatable bonds is 5. The minimum Gasteiger partial charge on any atom is -0.497 e. The van der Waals surface area contributed by atoms with Crippen molar-refractivity contribution in [1.82, 2.24) is 4.90 Å². The van der Waals surface area contributed by atoms with E-state index in [0.717, 1.165) is 30.8 Å². The lowest BCUT2D eigenvalue weighted by Crippen LogP contribution is -2.60. The number of nitrogens with zero attached hydrogens (tertiary/aromatic N) is 1. The highest BCUT2D eigenvalue weighted by Crippen LogP contribution is 2.41. The van der Waals surface area contributed by atoms with Gasteiger partial charge in [-0.25, -0.2) is 4.79 Å². The smallest absolute Gasteiger partial charge is 0.410 e. The van der Waals surface area contributed by atoms with E-state index in [4.69, 9.17) is 14.2 Å². The van der Waals surface area contributed by atoms with E-state index >= 15 is 0 Å². The van der Waals surface area contributed by atoms with Crippen LogP contribution in [0.1, 0.15) is 59.3 Å². The van der Waals surface area contributed by atoms with E-state index in [1.165, 1.54) is 0 Å². The maximum absolute atomic E-state index is 12.7. The molecule has 6 heteroatoms. The molecule has 2 heterocycles. The summed E-state index contributed by atoms with van der Waals surface area (Å²) in [7, 11) is 1.62. The second-order valence-corrected chi connectivity index (χ2v) is 9.04. The van der Waals surface area contributed by atoms with Crippen molar-refractivity contribution < 1.29 is 24.1 Å². The van der Waals surface area contributed by atoms with Crippen LogP contribution < -0.4 is 9.47 Å². The molecule has 1 aromatic carbocycles. The molecule has 6 nitrogen and oxygen atoms in total. The lowest BCUT2D eigenvalue weighted by molar-refractivity contribution is -0.0991. The number of piperidine rings is 2. The fourth-order valence-electron chi connectivity index (χ4n) is 4.39. The van der Waals surface area contributed by atoms with Crippen molar-refractivity contribution in [2.24, 2.45) is 0 Å². The van der Waals surface area contributed by atoms with Crippen LogP contribution in [0.5, 0.6) is 11.5 Å². The monoisotopic (exact) mass is 391 g/mol. The Kier molecular flexibility index (Phi) is 6.08. The highest BCUT2D eigenvalue weighted by molar-refractivity contribution is 5.69. The molecule has 3 rings (SSSR count). The molecule has 0 spiro atoms. The van der Waals surface area contributed by atoms with Crippen molar-refractivity contribution in [2.75, 3.05) is 13.7 Å². The molecule has 2 aliphatic rings. The SMILES string of the molecule is COc1cccc(OCCC2(O)CC3CCCC(C2)N3C(=O)OC(C)(C)C)c1. The minimum atomic E-state index is -0.812. The second kappa shape index (κ2) is 8.19. The Labute approximate surface area is 167 Å². The van der Waals surface area contributed by atoms with E-state index in [0.29, 0.717) is 25.9 Å². The Bertz CT molecular complexity index is 670. The molecule has 0 aromatic heterocycles. The van der Waals surface area contributed by atoms with Crippen LogP contribution in [0.2, 0.25) is 0 Å². The van der Waals surface area contributed by atoms with Crippen LogP contribution in [0, 0.1) is 0 Å². The van der Waals surface area contributed by atoms with Gasteiger partial charge in [0.25, 0.3) is 0 Å². The summed E-state index contributed by atoms with van der Waals surface area (Å²) < 4.78 is 16.7. The zero-order valence-corrected chi connectivity index (χ0v) is 17.4. The summed E-state index contributed by atoms with van der Waals surface area (Å²) >= 11 is 0. The van der Waals surface area contributed by atoms with Crippen molar-refractivity contribution >= 4 is 6.09 Å². The molecule has 2 saturated heterocycles. The first-order chi connectivity index (χ1) is 13.2. The molecule has 1 amide bonds. The fraction of sp³-hybridized carbons (Fsp3) is 0.682. The lowest BCUT2D eigenvalue weighted by Gasteiger charge is -2.51. The van der Waals surface area contributed by atoms with Gasteiger partial charge in [-0.05, 0) is 65.0 Å². The van der Waals surface area contributed by atoms with Crippen LogP contribution in [-0.4, -0.2) is 53.1 Å². The number of benzene rings is 1. The topological polar surface area (TPSA) is 68.2 Å². The van der Waals surface area contributed by atoms with E-state index in [2.05, 4.69) is 0 Å². The maximum atomic E-state index is 12.7. The highest BCUT2D eigenvalue weighted by Gasteiger charge is 2.48. The second-order valence-electron chi connectivity index (χ2n) is 9.04. The summed E-state index contributed by atoms with van der Waals surface area (Å²) in [5.41, 5.74) is -1.32. The molecule has 1 aromatic rings. The highest BCUT2D eigenvalue weighted by atomic mass is 16.6. The molecule has 2 fully saturated rings. The van der Waals surface area contributed by atoms with Crippen molar-refractivity contribution in [1.29, 1.82) is 0 Å². The molecule has 1 N–H and O–H groups in total. The van der Waals surface area contributed by atoms with Gasteiger partial charge in [0.2, 0.25) is 0 Å². The van der Waals surface area contributed by atoms with E-state index in [-0.39, 0.29) is 18.2 Å². The van der Waals surface area contributed by atoms with Crippen LogP contribution >= 0.6 is 0 Å². The third-order valence-electron chi connectivity index (χ3n) is 5.57. The number of ether oxygens (including phenoxy) is 3. The zero-order chi connectivity index (χ0) is 20.4. The summed E-state index contributed by atoms with van der Waals surface area (Å²) in [4.78, 5) is 14.6. The van der Waals surface area contributed by atoms with Crippen molar-refractivity contribution in [3.63, 3.8) is 0 Å². The first-order valence-electron chi connectivity index (χ1n) is 10.2. The van der Waals surface area contributed by atoms with Crippen LogP contribution in [-0.2, 0) is 4.74 Å². The average Bonchev–Trinajstić information content (AvgIpc) is 2.59. The maximum Gasteiger partial charge on any atom is 0.410 e. The van der Waals surface area contributed by atoms with Gasteiger partial charge < -0.3 is 24.2 Å². The molecule has 156 valence electrons. The molecule has 2 bridgehead atoms. The van der Waals surface area contributed by atoms with Gasteiger partial charge in [0.05, 0.1) is 19.3 Å². The third-order valence-corrected chi connectivity index (χ3v) is 5.57. The third kappa shape index (κ3) is 5.10. The molecule has 0 radical (unpaired) electrons. The number of carbonyl (C=O) groups is 1. The summed E-state index contributed by atoms with van der Waals surface area (Å²) in [6, 6.07) is 7.53. The van der Waals surface area contributed by atoms with Gasteiger partial charge >= 0.3 is 6.09 Å². The van der Waals surface area contributed by atoms with E-state index in [1.54, 1.807) is 7.11 Å². The van der Waals surface area contributed by atoms with Crippen molar-refractivity contribution in [3.05, 3.63) is 24.3 Å². The van der Waals surface area contributed by atoms with Crippen LogP contribution in [0.4, 0.5) is 4.79 Å². The van der Waals surface area contributed by atoms with Gasteiger partial charge in [-0.1, -0.05) is 6.07 Å². The molecule has 0 aliphatic carbocycles. The molecule has 2 atom stereocenters. The quantitative estimate of drug-likeness (QED) is 0.817. The lowest BCUT2D eigenvalue weighted by atomic mass is 9.74. The molecule has 2 unspecified atom stereocenters. The van der Waals surface area contributed by atoms with E-state index in [9.17, 15) is 9.90 Å². The summed E-state index contributed by atoms with van der Waals surface area (Å²) in [6.45, 7) is 6.08. The molecule has 28 heavy (non-hydrogen) atoms. The van der Waals surface area contributed by atoms with Gasteiger partial charge in [-0.15, -0.1) is 0 Å². The van der Waals surface area contributed by atoms with E-state index < -0.39 is 11.2 Å². The molecule has 2 aliphatic heterocycles. The minimum absolute atomic E-state index is 0.0316. The number of hydrogen-bond donors (Lipinski definition) is 1. The van der Waals surface area contributed by atoms with Gasteiger partial charge in [0.1, 0.15) is 17.1 Å².